The molecule has 1 amide bonds. The Bertz CT molecular complexity index is 1200. The van der Waals surface area contributed by atoms with Gasteiger partial charge in [-0.25, -0.2) is 0 Å². The molecule has 0 spiro atoms. The molecule has 5 nitrogen and oxygen atoms in total. The number of rotatable bonds is 4. The fourth-order valence-electron chi connectivity index (χ4n) is 3.01. The maximum absolute atomic E-state index is 12.8. The van der Waals surface area contributed by atoms with E-state index in [0.717, 1.165) is 5.56 Å². The lowest BCUT2D eigenvalue weighted by Gasteiger charge is -2.10. The lowest BCUT2D eigenvalue weighted by molar-refractivity contribution is 0.102. The standard InChI is InChI=1S/C23H17NO4/c1-27-22-20(25)18-13-12-17(24-23(26)16-10-6-3-7-11-16)14-19(18)28-21(22)15-8-4-2-5-9-15/h2-14H,1H3,(H,24,26). The van der Waals surface area contributed by atoms with Crippen molar-refractivity contribution in [3.8, 4) is 17.1 Å². The molecule has 138 valence electrons. The lowest BCUT2D eigenvalue weighted by atomic mass is 10.1. The summed E-state index contributed by atoms with van der Waals surface area (Å²) in [5.41, 5.74) is 1.92. The second kappa shape index (κ2) is 7.40. The zero-order valence-electron chi connectivity index (χ0n) is 15.1. The van der Waals surface area contributed by atoms with Gasteiger partial charge in [0, 0.05) is 22.9 Å². The van der Waals surface area contributed by atoms with E-state index in [9.17, 15) is 9.59 Å². The van der Waals surface area contributed by atoms with Crippen LogP contribution in [-0.2, 0) is 0 Å². The predicted octanol–water partition coefficient (Wildman–Crippen LogP) is 4.72. The highest BCUT2D eigenvalue weighted by Gasteiger charge is 2.17. The molecule has 0 radical (unpaired) electrons. The lowest BCUT2D eigenvalue weighted by Crippen LogP contribution is -2.12. The molecule has 0 unspecified atom stereocenters. The molecule has 0 bridgehead atoms. The van der Waals surface area contributed by atoms with Crippen molar-refractivity contribution >= 4 is 22.6 Å². The van der Waals surface area contributed by atoms with Crippen molar-refractivity contribution < 1.29 is 13.9 Å². The van der Waals surface area contributed by atoms with E-state index in [2.05, 4.69) is 5.32 Å². The van der Waals surface area contributed by atoms with E-state index in [-0.39, 0.29) is 17.1 Å². The number of carbonyl (C=O) groups excluding carboxylic acids is 1. The Morgan fingerprint density at radius 2 is 1.61 bits per heavy atom. The van der Waals surface area contributed by atoms with Crippen molar-refractivity contribution in [1.82, 2.24) is 0 Å². The third kappa shape index (κ3) is 3.25. The van der Waals surface area contributed by atoms with Gasteiger partial charge in [-0.1, -0.05) is 48.5 Å². The monoisotopic (exact) mass is 371 g/mol. The van der Waals surface area contributed by atoms with Gasteiger partial charge < -0.3 is 14.5 Å². The van der Waals surface area contributed by atoms with Gasteiger partial charge >= 0.3 is 0 Å². The molecule has 1 heterocycles. The van der Waals surface area contributed by atoms with Crippen molar-refractivity contribution in [2.75, 3.05) is 12.4 Å². The van der Waals surface area contributed by atoms with E-state index >= 15 is 0 Å². The highest BCUT2D eigenvalue weighted by Crippen LogP contribution is 2.31. The number of methoxy groups -OCH3 is 1. The van der Waals surface area contributed by atoms with Gasteiger partial charge in [0.05, 0.1) is 12.5 Å². The Labute approximate surface area is 161 Å². The summed E-state index contributed by atoms with van der Waals surface area (Å²) < 4.78 is 11.3. The molecule has 0 aliphatic heterocycles. The number of ether oxygens (including phenoxy) is 1. The molecule has 0 aliphatic carbocycles. The quantitative estimate of drug-likeness (QED) is 0.563. The van der Waals surface area contributed by atoms with E-state index in [1.807, 2.05) is 36.4 Å². The summed E-state index contributed by atoms with van der Waals surface area (Å²) in [6, 6.07) is 23.1. The molecular weight excluding hydrogens is 354 g/mol. The van der Waals surface area contributed by atoms with Gasteiger partial charge in [-0.05, 0) is 24.3 Å². The van der Waals surface area contributed by atoms with Crippen LogP contribution >= 0.6 is 0 Å². The van der Waals surface area contributed by atoms with Crippen LogP contribution in [0.3, 0.4) is 0 Å². The summed E-state index contributed by atoms with van der Waals surface area (Å²) in [7, 11) is 1.44. The first kappa shape index (κ1) is 17.5. The normalized spacial score (nSPS) is 10.6. The first-order valence-corrected chi connectivity index (χ1v) is 8.74. The molecule has 3 aromatic carbocycles. The minimum atomic E-state index is -0.261. The molecule has 0 aliphatic rings. The zero-order chi connectivity index (χ0) is 19.5. The minimum Gasteiger partial charge on any atom is -0.490 e. The third-order valence-electron chi connectivity index (χ3n) is 4.38. The molecule has 4 aromatic rings. The largest absolute Gasteiger partial charge is 0.490 e. The molecule has 0 saturated heterocycles. The van der Waals surface area contributed by atoms with Gasteiger partial charge in [0.1, 0.15) is 5.58 Å². The molecule has 0 fully saturated rings. The molecule has 0 atom stereocenters. The number of fused-ring (bicyclic) bond motifs is 1. The van der Waals surface area contributed by atoms with E-state index in [4.69, 9.17) is 9.15 Å². The van der Waals surface area contributed by atoms with E-state index in [1.54, 1.807) is 42.5 Å². The predicted molar refractivity (Wildman–Crippen MR) is 109 cm³/mol. The number of anilines is 1. The summed E-state index contributed by atoms with van der Waals surface area (Å²) >= 11 is 0. The van der Waals surface area contributed by atoms with Crippen LogP contribution in [-0.4, -0.2) is 13.0 Å². The number of hydrogen-bond donors (Lipinski definition) is 1. The van der Waals surface area contributed by atoms with Crippen molar-refractivity contribution in [2.45, 2.75) is 0 Å². The Kier molecular flexibility index (Phi) is 4.64. The van der Waals surface area contributed by atoms with Crippen molar-refractivity contribution in [3.05, 3.63) is 94.6 Å². The fourth-order valence-corrected chi connectivity index (χ4v) is 3.01. The van der Waals surface area contributed by atoms with Crippen LogP contribution in [0.15, 0.2) is 88.1 Å². The Hall–Kier alpha value is -3.86. The SMILES string of the molecule is COc1c(-c2ccccc2)oc2cc(NC(=O)c3ccccc3)ccc2c1=O. The van der Waals surface area contributed by atoms with Crippen molar-refractivity contribution in [1.29, 1.82) is 0 Å². The minimum absolute atomic E-state index is 0.153. The molecular formula is C23H17NO4. The number of amides is 1. The molecule has 28 heavy (non-hydrogen) atoms. The molecule has 1 aromatic heterocycles. The van der Waals surface area contributed by atoms with Gasteiger partial charge in [0.25, 0.3) is 5.91 Å². The number of carbonyl (C=O) groups is 1. The Balaban J connectivity index is 1.79. The highest BCUT2D eigenvalue weighted by atomic mass is 16.5. The Morgan fingerprint density at radius 3 is 2.29 bits per heavy atom. The van der Waals surface area contributed by atoms with E-state index in [0.29, 0.717) is 28.0 Å². The van der Waals surface area contributed by atoms with Gasteiger partial charge in [0.15, 0.2) is 5.76 Å². The molecule has 5 heteroatoms. The van der Waals surface area contributed by atoms with Crippen molar-refractivity contribution in [2.24, 2.45) is 0 Å². The maximum Gasteiger partial charge on any atom is 0.255 e. The van der Waals surface area contributed by atoms with Gasteiger partial charge in [0.2, 0.25) is 11.2 Å². The van der Waals surface area contributed by atoms with E-state index in [1.165, 1.54) is 7.11 Å². The summed E-state index contributed by atoms with van der Waals surface area (Å²) in [6.45, 7) is 0. The van der Waals surface area contributed by atoms with Crippen LogP contribution in [0.1, 0.15) is 10.4 Å². The third-order valence-corrected chi connectivity index (χ3v) is 4.38. The maximum atomic E-state index is 12.8. The summed E-state index contributed by atoms with van der Waals surface area (Å²) in [4.78, 5) is 25.2. The summed E-state index contributed by atoms with van der Waals surface area (Å²) in [5, 5.41) is 3.21. The first-order chi connectivity index (χ1) is 13.7. The topological polar surface area (TPSA) is 68.5 Å². The van der Waals surface area contributed by atoms with Crippen LogP contribution in [0.25, 0.3) is 22.3 Å². The second-order valence-corrected chi connectivity index (χ2v) is 6.19. The Morgan fingerprint density at radius 1 is 0.929 bits per heavy atom. The average Bonchev–Trinajstić information content (AvgIpc) is 2.74. The number of hydrogen-bond acceptors (Lipinski definition) is 4. The van der Waals surface area contributed by atoms with Crippen LogP contribution in [0, 0.1) is 0 Å². The van der Waals surface area contributed by atoms with Crippen LogP contribution < -0.4 is 15.5 Å². The van der Waals surface area contributed by atoms with Crippen LogP contribution in [0.4, 0.5) is 5.69 Å². The van der Waals surface area contributed by atoms with Gasteiger partial charge in [-0.15, -0.1) is 0 Å². The molecule has 1 N–H and O–H groups in total. The molecule has 4 rings (SSSR count). The van der Waals surface area contributed by atoms with Gasteiger partial charge in [-0.3, -0.25) is 9.59 Å². The van der Waals surface area contributed by atoms with Gasteiger partial charge in [-0.2, -0.15) is 0 Å². The van der Waals surface area contributed by atoms with Crippen LogP contribution in [0.5, 0.6) is 5.75 Å². The number of benzene rings is 3. The first-order valence-electron chi connectivity index (χ1n) is 8.74. The fraction of sp³-hybridized carbons (Fsp3) is 0.0435. The number of nitrogens with one attached hydrogen (secondary N) is 1. The summed E-state index contributed by atoms with van der Waals surface area (Å²) in [5.74, 6) is 0.269. The highest BCUT2D eigenvalue weighted by molar-refractivity contribution is 6.05. The van der Waals surface area contributed by atoms with E-state index < -0.39 is 0 Å². The average molecular weight is 371 g/mol. The molecule has 0 saturated carbocycles. The zero-order valence-corrected chi connectivity index (χ0v) is 15.1. The van der Waals surface area contributed by atoms with Crippen LogP contribution in [0.2, 0.25) is 0 Å². The second-order valence-electron chi connectivity index (χ2n) is 6.19. The van der Waals surface area contributed by atoms with Crippen molar-refractivity contribution in [3.63, 3.8) is 0 Å². The summed E-state index contributed by atoms with van der Waals surface area (Å²) in [6.07, 6.45) is 0. The smallest absolute Gasteiger partial charge is 0.255 e.